The summed E-state index contributed by atoms with van der Waals surface area (Å²) in [6.45, 7) is 1.80. The molecule has 34 heavy (non-hydrogen) atoms. The summed E-state index contributed by atoms with van der Waals surface area (Å²) < 4.78 is 17.8. The van der Waals surface area contributed by atoms with Crippen LogP contribution in [0.1, 0.15) is 30.4 Å². The molecule has 0 aromatic heterocycles. The highest BCUT2D eigenvalue weighted by molar-refractivity contribution is 5.85. The number of hydrogen-bond donors (Lipinski definition) is 2. The summed E-state index contributed by atoms with van der Waals surface area (Å²) in [5.41, 5.74) is 1.96. The van der Waals surface area contributed by atoms with Crippen molar-refractivity contribution in [3.8, 4) is 17.2 Å². The zero-order chi connectivity index (χ0) is 23.5. The second-order valence-electron chi connectivity index (χ2n) is 9.17. The van der Waals surface area contributed by atoms with Gasteiger partial charge in [-0.15, -0.1) is 0 Å². The zero-order valence-corrected chi connectivity index (χ0v) is 19.4. The number of methoxy groups -OCH3 is 1. The first-order chi connectivity index (χ1) is 16.6. The second-order valence-corrected chi connectivity index (χ2v) is 9.17. The molecule has 2 atom stereocenters. The fraction of sp³-hybridized carbons (Fsp3) is 0.462. The Morgan fingerprint density at radius 3 is 2.74 bits per heavy atom. The minimum Gasteiger partial charge on any atom is -0.493 e. The van der Waals surface area contributed by atoms with Crippen molar-refractivity contribution in [3.63, 3.8) is 0 Å². The van der Waals surface area contributed by atoms with Gasteiger partial charge < -0.3 is 29.7 Å². The average Bonchev–Trinajstić information content (AvgIpc) is 3.59. The zero-order valence-electron chi connectivity index (χ0n) is 19.4. The number of nitrogens with zero attached hydrogens (tertiary/aromatic N) is 1. The Morgan fingerprint density at radius 1 is 1.03 bits per heavy atom. The molecule has 3 heterocycles. The van der Waals surface area contributed by atoms with Crippen LogP contribution in [-0.2, 0) is 27.4 Å². The lowest BCUT2D eigenvalue weighted by Crippen LogP contribution is -2.49. The molecule has 2 fully saturated rings. The number of benzene rings is 2. The van der Waals surface area contributed by atoms with Crippen LogP contribution in [0, 0.1) is 0 Å². The first kappa shape index (κ1) is 22.7. The van der Waals surface area contributed by atoms with Gasteiger partial charge in [0.15, 0.2) is 11.5 Å². The van der Waals surface area contributed by atoms with Gasteiger partial charge >= 0.3 is 0 Å². The van der Waals surface area contributed by atoms with E-state index in [2.05, 4.69) is 10.6 Å². The fourth-order valence-corrected chi connectivity index (χ4v) is 4.56. The van der Waals surface area contributed by atoms with Crippen LogP contribution in [0.25, 0.3) is 0 Å². The number of carbonyl (C=O) groups excluding carboxylic acids is 2. The van der Waals surface area contributed by atoms with Crippen LogP contribution in [-0.4, -0.2) is 61.6 Å². The predicted octanol–water partition coefficient (Wildman–Crippen LogP) is 2.40. The van der Waals surface area contributed by atoms with Crippen molar-refractivity contribution in [2.75, 3.05) is 26.7 Å². The Labute approximate surface area is 199 Å². The SMILES string of the molecule is COc1cc2ccc1Oc1cccc(c1)CO[C@H]1CNC[C@@H]1NC(=O)CN(C1CC1)C(=O)CC2. The minimum absolute atomic E-state index is 0.00299. The summed E-state index contributed by atoms with van der Waals surface area (Å²) in [4.78, 5) is 27.6. The number of amides is 2. The molecular formula is C26H31N3O5. The van der Waals surface area contributed by atoms with E-state index >= 15 is 0 Å². The molecule has 2 amide bonds. The van der Waals surface area contributed by atoms with Crippen LogP contribution in [0.3, 0.4) is 0 Å². The molecule has 4 aliphatic rings. The number of ether oxygens (including phenoxy) is 3. The summed E-state index contributed by atoms with van der Waals surface area (Å²) in [5.74, 6) is 1.78. The number of hydrogen-bond acceptors (Lipinski definition) is 6. The molecule has 0 spiro atoms. The molecule has 1 aliphatic carbocycles. The number of fused-ring (bicyclic) bond motifs is 9. The van der Waals surface area contributed by atoms with Gasteiger partial charge in [0, 0.05) is 25.6 Å². The van der Waals surface area contributed by atoms with E-state index in [-0.39, 0.29) is 36.5 Å². The average molecular weight is 466 g/mol. The third kappa shape index (κ3) is 5.34. The molecule has 2 N–H and O–H groups in total. The molecule has 1 saturated heterocycles. The lowest BCUT2D eigenvalue weighted by Gasteiger charge is -2.25. The van der Waals surface area contributed by atoms with Crippen molar-refractivity contribution < 1.29 is 23.8 Å². The van der Waals surface area contributed by atoms with Gasteiger partial charge in [0.05, 0.1) is 32.4 Å². The number of nitrogens with one attached hydrogen (secondary N) is 2. The van der Waals surface area contributed by atoms with Crippen LogP contribution < -0.4 is 20.1 Å². The maximum absolute atomic E-state index is 13.0. The highest BCUT2D eigenvalue weighted by Crippen LogP contribution is 2.33. The van der Waals surface area contributed by atoms with E-state index in [1.54, 1.807) is 12.0 Å². The van der Waals surface area contributed by atoms with Gasteiger partial charge in [0.25, 0.3) is 0 Å². The van der Waals surface area contributed by atoms with E-state index < -0.39 is 0 Å². The lowest BCUT2D eigenvalue weighted by atomic mass is 10.1. The quantitative estimate of drug-likeness (QED) is 0.708. The topological polar surface area (TPSA) is 89.1 Å². The molecule has 4 bridgehead atoms. The highest BCUT2D eigenvalue weighted by atomic mass is 16.5. The summed E-state index contributed by atoms with van der Waals surface area (Å²) in [6.07, 6.45) is 2.67. The Balaban J connectivity index is 1.41. The monoisotopic (exact) mass is 465 g/mol. The van der Waals surface area contributed by atoms with Crippen LogP contribution in [0.4, 0.5) is 0 Å². The molecule has 8 heteroatoms. The van der Waals surface area contributed by atoms with Crippen LogP contribution in [0.2, 0.25) is 0 Å². The summed E-state index contributed by atoms with van der Waals surface area (Å²) in [7, 11) is 1.61. The second kappa shape index (κ2) is 10.0. The maximum Gasteiger partial charge on any atom is 0.239 e. The lowest BCUT2D eigenvalue weighted by molar-refractivity contribution is -0.137. The van der Waals surface area contributed by atoms with Gasteiger partial charge in [0.1, 0.15) is 5.75 Å². The first-order valence-corrected chi connectivity index (χ1v) is 11.9. The molecule has 8 nitrogen and oxygen atoms in total. The number of aryl methyl sites for hydroxylation is 1. The van der Waals surface area contributed by atoms with E-state index in [0.29, 0.717) is 49.8 Å². The van der Waals surface area contributed by atoms with Crippen molar-refractivity contribution in [2.45, 2.75) is 50.5 Å². The normalized spacial score (nSPS) is 23.9. The van der Waals surface area contributed by atoms with Gasteiger partial charge in [-0.1, -0.05) is 18.2 Å². The standard InChI is InChI=1S/C26H31N3O5/c1-32-23-12-17-5-9-22(23)34-20-4-2-3-18(11-20)16-33-24-14-27-13-21(24)28-25(30)15-29(19-7-8-19)26(31)10-6-17/h2-5,9,11-12,19,21,24,27H,6-8,10,13-16H2,1H3,(H,28,30)/t21-,24-/m0/s1. The summed E-state index contributed by atoms with van der Waals surface area (Å²) in [5, 5.41) is 6.38. The molecule has 3 aliphatic heterocycles. The van der Waals surface area contributed by atoms with Crippen LogP contribution in [0.15, 0.2) is 42.5 Å². The molecule has 6 rings (SSSR count). The van der Waals surface area contributed by atoms with Gasteiger partial charge in [-0.05, 0) is 54.7 Å². The Morgan fingerprint density at radius 2 is 1.91 bits per heavy atom. The molecule has 2 aromatic rings. The molecule has 2 aromatic carbocycles. The molecular weight excluding hydrogens is 434 g/mol. The highest BCUT2D eigenvalue weighted by Gasteiger charge is 2.35. The van der Waals surface area contributed by atoms with Crippen molar-refractivity contribution in [3.05, 3.63) is 53.6 Å². The van der Waals surface area contributed by atoms with E-state index in [1.807, 2.05) is 42.5 Å². The molecule has 0 radical (unpaired) electrons. The predicted molar refractivity (Wildman–Crippen MR) is 126 cm³/mol. The van der Waals surface area contributed by atoms with Gasteiger partial charge in [0.2, 0.25) is 11.8 Å². The largest absolute Gasteiger partial charge is 0.493 e. The van der Waals surface area contributed by atoms with Crippen LogP contribution in [0.5, 0.6) is 17.2 Å². The fourth-order valence-electron chi connectivity index (χ4n) is 4.56. The number of carbonyl (C=O) groups is 2. The van der Waals surface area contributed by atoms with Crippen molar-refractivity contribution in [1.29, 1.82) is 0 Å². The van der Waals surface area contributed by atoms with Gasteiger partial charge in [-0.2, -0.15) is 0 Å². The van der Waals surface area contributed by atoms with Gasteiger partial charge in [-0.3, -0.25) is 9.59 Å². The van der Waals surface area contributed by atoms with E-state index in [1.165, 1.54) is 0 Å². The third-order valence-corrected chi connectivity index (χ3v) is 6.57. The molecule has 0 unspecified atom stereocenters. The van der Waals surface area contributed by atoms with Gasteiger partial charge in [-0.25, -0.2) is 0 Å². The Kier molecular flexibility index (Phi) is 6.69. The Hall–Kier alpha value is -3.10. The summed E-state index contributed by atoms with van der Waals surface area (Å²) in [6, 6.07) is 13.5. The van der Waals surface area contributed by atoms with Crippen LogP contribution >= 0.6 is 0 Å². The maximum atomic E-state index is 13.0. The smallest absolute Gasteiger partial charge is 0.239 e. The van der Waals surface area contributed by atoms with Crippen molar-refractivity contribution in [2.24, 2.45) is 0 Å². The first-order valence-electron chi connectivity index (χ1n) is 11.9. The minimum atomic E-state index is -0.145. The van der Waals surface area contributed by atoms with E-state index in [9.17, 15) is 9.59 Å². The van der Waals surface area contributed by atoms with E-state index in [4.69, 9.17) is 14.2 Å². The van der Waals surface area contributed by atoms with Crippen molar-refractivity contribution >= 4 is 11.8 Å². The third-order valence-electron chi connectivity index (χ3n) is 6.57. The Bertz CT molecular complexity index is 1050. The molecule has 1 saturated carbocycles. The van der Waals surface area contributed by atoms with Crippen molar-refractivity contribution in [1.82, 2.24) is 15.5 Å². The molecule has 180 valence electrons. The summed E-state index contributed by atoms with van der Waals surface area (Å²) >= 11 is 0. The number of rotatable bonds is 2. The van der Waals surface area contributed by atoms with E-state index in [0.717, 1.165) is 24.0 Å².